The summed E-state index contributed by atoms with van der Waals surface area (Å²) in [6, 6.07) is 0.837. The number of nitrogens with two attached hydrogens (primary N) is 1. The van der Waals surface area contributed by atoms with E-state index in [9.17, 15) is 4.79 Å². The quantitative estimate of drug-likeness (QED) is 0.784. The van der Waals surface area contributed by atoms with Crippen LogP contribution in [0.25, 0.3) is 0 Å². The molecule has 0 aromatic carbocycles. The van der Waals surface area contributed by atoms with Gasteiger partial charge in [0.05, 0.1) is 0 Å². The normalized spacial score (nSPS) is 23.1. The van der Waals surface area contributed by atoms with Crippen LogP contribution in [0.3, 0.4) is 0 Å². The third kappa shape index (κ3) is 4.19. The molecule has 0 bridgehead atoms. The molecule has 116 valence electrons. The van der Waals surface area contributed by atoms with E-state index < -0.39 is 0 Å². The van der Waals surface area contributed by atoms with E-state index in [1.165, 1.54) is 38.5 Å². The Hall–Kier alpha value is -0.610. The second kappa shape index (κ2) is 7.99. The Morgan fingerprint density at radius 2 is 1.75 bits per heavy atom. The number of hydrogen-bond donors (Lipinski definition) is 1. The SMILES string of the molecule is CN(C1CCCCCC1)C(CN)CC(=O)N1CCCC1. The predicted molar refractivity (Wildman–Crippen MR) is 82.5 cm³/mol. The third-order valence-electron chi connectivity index (χ3n) is 5.12. The van der Waals surface area contributed by atoms with Crippen molar-refractivity contribution in [2.45, 2.75) is 69.9 Å². The van der Waals surface area contributed by atoms with E-state index in [0.717, 1.165) is 25.9 Å². The molecule has 0 spiro atoms. The highest BCUT2D eigenvalue weighted by Crippen LogP contribution is 2.23. The van der Waals surface area contributed by atoms with Crippen LogP contribution in [-0.2, 0) is 4.79 Å². The number of amides is 1. The van der Waals surface area contributed by atoms with Crippen LogP contribution in [0.4, 0.5) is 0 Å². The van der Waals surface area contributed by atoms with Gasteiger partial charge in [-0.1, -0.05) is 25.7 Å². The minimum Gasteiger partial charge on any atom is -0.343 e. The van der Waals surface area contributed by atoms with Crippen molar-refractivity contribution in [2.24, 2.45) is 5.73 Å². The Labute approximate surface area is 123 Å². The summed E-state index contributed by atoms with van der Waals surface area (Å²) in [6.07, 6.45) is 10.8. The van der Waals surface area contributed by atoms with E-state index in [2.05, 4.69) is 11.9 Å². The fourth-order valence-corrected chi connectivity index (χ4v) is 3.65. The van der Waals surface area contributed by atoms with E-state index in [0.29, 0.717) is 24.9 Å². The first-order valence-corrected chi connectivity index (χ1v) is 8.42. The summed E-state index contributed by atoms with van der Waals surface area (Å²) in [5.41, 5.74) is 5.95. The molecule has 4 nitrogen and oxygen atoms in total. The minimum absolute atomic E-state index is 0.214. The molecule has 4 heteroatoms. The molecule has 1 atom stereocenters. The topological polar surface area (TPSA) is 49.6 Å². The third-order valence-corrected chi connectivity index (χ3v) is 5.12. The minimum atomic E-state index is 0.214. The number of nitrogens with zero attached hydrogens (tertiary/aromatic N) is 2. The standard InChI is InChI=1S/C16H31N3O/c1-18(14-8-4-2-3-5-9-14)15(13-17)12-16(20)19-10-6-7-11-19/h14-15H,2-13,17H2,1H3. The summed E-state index contributed by atoms with van der Waals surface area (Å²) >= 11 is 0. The van der Waals surface area contributed by atoms with Crippen molar-refractivity contribution in [2.75, 3.05) is 26.7 Å². The van der Waals surface area contributed by atoms with E-state index in [1.54, 1.807) is 0 Å². The molecule has 1 unspecified atom stereocenters. The van der Waals surface area contributed by atoms with Crippen molar-refractivity contribution in [3.63, 3.8) is 0 Å². The lowest BCUT2D eigenvalue weighted by molar-refractivity contribution is -0.131. The van der Waals surface area contributed by atoms with Gasteiger partial charge in [-0.15, -0.1) is 0 Å². The van der Waals surface area contributed by atoms with Crippen molar-refractivity contribution in [3.05, 3.63) is 0 Å². The van der Waals surface area contributed by atoms with Gasteiger partial charge in [-0.25, -0.2) is 0 Å². The monoisotopic (exact) mass is 281 g/mol. The molecule has 2 aliphatic rings. The molecule has 1 aliphatic heterocycles. The van der Waals surface area contributed by atoms with Crippen LogP contribution >= 0.6 is 0 Å². The fourth-order valence-electron chi connectivity index (χ4n) is 3.65. The summed E-state index contributed by atoms with van der Waals surface area (Å²) in [5.74, 6) is 0.304. The van der Waals surface area contributed by atoms with Gasteiger partial charge in [0.25, 0.3) is 0 Å². The largest absolute Gasteiger partial charge is 0.343 e. The van der Waals surface area contributed by atoms with Crippen molar-refractivity contribution in [3.8, 4) is 0 Å². The van der Waals surface area contributed by atoms with Gasteiger partial charge in [-0.3, -0.25) is 9.69 Å². The molecule has 1 aliphatic carbocycles. The molecule has 1 saturated carbocycles. The zero-order valence-electron chi connectivity index (χ0n) is 13.0. The van der Waals surface area contributed by atoms with E-state index in [-0.39, 0.29) is 6.04 Å². The first-order chi connectivity index (χ1) is 9.72. The number of carbonyl (C=O) groups excluding carboxylic acids is 1. The Bertz CT molecular complexity index is 294. The van der Waals surface area contributed by atoms with Crippen LogP contribution < -0.4 is 5.73 Å². The zero-order chi connectivity index (χ0) is 14.4. The highest BCUT2D eigenvalue weighted by molar-refractivity contribution is 5.77. The van der Waals surface area contributed by atoms with Crippen LogP contribution in [0.5, 0.6) is 0 Å². The van der Waals surface area contributed by atoms with E-state index in [1.807, 2.05) is 4.90 Å². The first kappa shape index (κ1) is 15.8. The molecule has 2 N–H and O–H groups in total. The lowest BCUT2D eigenvalue weighted by Gasteiger charge is -2.34. The molecule has 20 heavy (non-hydrogen) atoms. The Morgan fingerprint density at radius 3 is 2.30 bits per heavy atom. The number of rotatable bonds is 5. The molecule has 2 fully saturated rings. The van der Waals surface area contributed by atoms with Crippen molar-refractivity contribution < 1.29 is 4.79 Å². The Morgan fingerprint density at radius 1 is 1.15 bits per heavy atom. The summed E-state index contributed by atoms with van der Waals surface area (Å²) in [5, 5.41) is 0. The van der Waals surface area contributed by atoms with Gasteiger partial charge >= 0.3 is 0 Å². The van der Waals surface area contributed by atoms with Crippen LogP contribution in [0.1, 0.15) is 57.8 Å². The molecule has 0 radical (unpaired) electrons. The van der Waals surface area contributed by atoms with Gasteiger partial charge < -0.3 is 10.6 Å². The van der Waals surface area contributed by atoms with Gasteiger partial charge in [0.2, 0.25) is 5.91 Å². The van der Waals surface area contributed by atoms with Gasteiger partial charge in [0.1, 0.15) is 0 Å². The molecule has 0 aromatic rings. The van der Waals surface area contributed by atoms with Crippen molar-refractivity contribution in [1.82, 2.24) is 9.80 Å². The summed E-state index contributed by atoms with van der Waals surface area (Å²) in [7, 11) is 2.17. The predicted octanol–water partition coefficient (Wildman–Crippen LogP) is 1.98. The smallest absolute Gasteiger partial charge is 0.224 e. The maximum atomic E-state index is 12.3. The van der Waals surface area contributed by atoms with E-state index >= 15 is 0 Å². The molecule has 1 heterocycles. The maximum absolute atomic E-state index is 12.3. The van der Waals surface area contributed by atoms with Crippen LogP contribution in [0.15, 0.2) is 0 Å². The Kier molecular flexibility index (Phi) is 6.30. The van der Waals surface area contributed by atoms with Gasteiger partial charge in [0.15, 0.2) is 0 Å². The summed E-state index contributed by atoms with van der Waals surface area (Å²) in [4.78, 5) is 16.7. The fraction of sp³-hybridized carbons (Fsp3) is 0.938. The van der Waals surface area contributed by atoms with Gasteiger partial charge in [-0.2, -0.15) is 0 Å². The number of carbonyl (C=O) groups is 1. The van der Waals surface area contributed by atoms with E-state index in [4.69, 9.17) is 5.73 Å². The highest BCUT2D eigenvalue weighted by Gasteiger charge is 2.27. The van der Waals surface area contributed by atoms with Gasteiger partial charge in [0, 0.05) is 38.1 Å². The molecule has 1 amide bonds. The molecular formula is C16H31N3O. The second-order valence-electron chi connectivity index (χ2n) is 6.49. The average molecular weight is 281 g/mol. The van der Waals surface area contributed by atoms with Crippen LogP contribution in [-0.4, -0.2) is 54.5 Å². The van der Waals surface area contributed by atoms with Crippen molar-refractivity contribution in [1.29, 1.82) is 0 Å². The zero-order valence-corrected chi connectivity index (χ0v) is 13.0. The number of likely N-dealkylation sites (N-methyl/N-ethyl adjacent to an activating group) is 1. The highest BCUT2D eigenvalue weighted by atomic mass is 16.2. The van der Waals surface area contributed by atoms with Crippen molar-refractivity contribution >= 4 is 5.91 Å². The molecular weight excluding hydrogens is 250 g/mol. The molecule has 2 rings (SSSR count). The second-order valence-corrected chi connectivity index (χ2v) is 6.49. The molecule has 0 aromatic heterocycles. The average Bonchev–Trinajstić information content (AvgIpc) is 2.86. The first-order valence-electron chi connectivity index (χ1n) is 8.42. The summed E-state index contributed by atoms with van der Waals surface area (Å²) in [6.45, 7) is 2.49. The molecule has 1 saturated heterocycles. The summed E-state index contributed by atoms with van der Waals surface area (Å²) < 4.78 is 0. The number of likely N-dealkylation sites (tertiary alicyclic amines) is 1. The maximum Gasteiger partial charge on any atom is 0.224 e. The number of hydrogen-bond acceptors (Lipinski definition) is 3. The Balaban J connectivity index is 1.87. The lowest BCUT2D eigenvalue weighted by Crippen LogP contribution is -2.47. The van der Waals surface area contributed by atoms with Gasteiger partial charge in [-0.05, 0) is 32.7 Å². The van der Waals surface area contributed by atoms with Crippen LogP contribution in [0.2, 0.25) is 0 Å². The van der Waals surface area contributed by atoms with Crippen LogP contribution in [0, 0.1) is 0 Å². The lowest BCUT2D eigenvalue weighted by atomic mass is 10.0.